The summed E-state index contributed by atoms with van der Waals surface area (Å²) in [5.74, 6) is 1.37. The summed E-state index contributed by atoms with van der Waals surface area (Å²) in [5.41, 5.74) is 15.2. The largest absolute Gasteiger partial charge is 0.495 e. The molecule has 0 aromatic heterocycles. The van der Waals surface area contributed by atoms with Gasteiger partial charge in [-0.2, -0.15) is 0 Å². The van der Waals surface area contributed by atoms with Crippen LogP contribution in [-0.2, 0) is 19.3 Å². The van der Waals surface area contributed by atoms with Gasteiger partial charge in [-0.3, -0.25) is 20.2 Å². The van der Waals surface area contributed by atoms with E-state index in [0.717, 1.165) is 61.6 Å². The van der Waals surface area contributed by atoms with Gasteiger partial charge in [-0.05, 0) is 119 Å². The molecule has 0 bridgehead atoms. The van der Waals surface area contributed by atoms with Crippen LogP contribution >= 0.6 is 0 Å². The SMILES string of the molecule is COc1ccc(CCN)cc1[N+](=O)[O-].COc1ccc(CCN2CCCCC2)cc1N.COc1ccc(CCN2CCCCC2)cc1[N+](=O)[O-]. The third kappa shape index (κ3) is 13.1. The van der Waals surface area contributed by atoms with Crippen molar-refractivity contribution in [2.45, 2.75) is 57.8 Å². The second-order valence-electron chi connectivity index (χ2n) is 12.4. The average molecular weight is 695 g/mol. The van der Waals surface area contributed by atoms with Crippen molar-refractivity contribution in [1.82, 2.24) is 9.80 Å². The fraction of sp³-hybridized carbons (Fsp3) is 0.514. The number of nitrogens with zero attached hydrogens (tertiary/aromatic N) is 4. The predicted molar refractivity (Wildman–Crippen MR) is 197 cm³/mol. The molecule has 0 unspecified atom stereocenters. The van der Waals surface area contributed by atoms with Gasteiger partial charge in [-0.15, -0.1) is 0 Å². The molecule has 2 aliphatic rings. The lowest BCUT2D eigenvalue weighted by molar-refractivity contribution is -0.385. The second kappa shape index (κ2) is 21.6. The zero-order valence-corrected chi connectivity index (χ0v) is 29.8. The highest BCUT2D eigenvalue weighted by molar-refractivity contribution is 5.54. The van der Waals surface area contributed by atoms with Gasteiger partial charge in [0.05, 0.1) is 36.9 Å². The lowest BCUT2D eigenvalue weighted by Gasteiger charge is -2.26. The van der Waals surface area contributed by atoms with Crippen LogP contribution in [0.3, 0.4) is 0 Å². The summed E-state index contributed by atoms with van der Waals surface area (Å²) in [5, 5.41) is 21.6. The molecule has 50 heavy (non-hydrogen) atoms. The Kier molecular flexibility index (Phi) is 17.3. The van der Waals surface area contributed by atoms with Gasteiger partial charge in [-0.25, -0.2) is 0 Å². The van der Waals surface area contributed by atoms with Crippen LogP contribution in [0.15, 0.2) is 54.6 Å². The van der Waals surface area contributed by atoms with Crippen LogP contribution in [0.25, 0.3) is 0 Å². The zero-order chi connectivity index (χ0) is 36.3. The fourth-order valence-electron chi connectivity index (χ4n) is 6.11. The van der Waals surface area contributed by atoms with Crippen LogP contribution in [0.5, 0.6) is 17.2 Å². The van der Waals surface area contributed by atoms with E-state index in [4.69, 9.17) is 25.7 Å². The minimum Gasteiger partial charge on any atom is -0.495 e. The summed E-state index contributed by atoms with van der Waals surface area (Å²) >= 11 is 0. The highest BCUT2D eigenvalue weighted by Crippen LogP contribution is 2.29. The highest BCUT2D eigenvalue weighted by atomic mass is 16.6. The summed E-state index contributed by atoms with van der Waals surface area (Å²) in [6, 6.07) is 16.2. The van der Waals surface area contributed by atoms with Crippen molar-refractivity contribution < 1.29 is 24.1 Å². The summed E-state index contributed by atoms with van der Waals surface area (Å²) in [6.07, 6.45) is 10.5. The molecule has 274 valence electrons. The first-order valence-electron chi connectivity index (χ1n) is 17.4. The van der Waals surface area contributed by atoms with Crippen molar-refractivity contribution in [3.05, 3.63) is 91.5 Å². The first-order chi connectivity index (χ1) is 24.2. The number of nitro benzene ring substituents is 2. The Labute approximate surface area is 295 Å². The molecule has 2 heterocycles. The molecule has 0 saturated carbocycles. The van der Waals surface area contributed by atoms with E-state index in [1.807, 2.05) is 18.2 Å². The first kappa shape index (κ1) is 40.0. The molecular weight excluding hydrogens is 640 g/mol. The van der Waals surface area contributed by atoms with E-state index >= 15 is 0 Å². The Morgan fingerprint density at radius 1 is 0.600 bits per heavy atom. The molecule has 2 fully saturated rings. The molecule has 13 nitrogen and oxygen atoms in total. The summed E-state index contributed by atoms with van der Waals surface area (Å²) in [7, 11) is 4.51. The van der Waals surface area contributed by atoms with Gasteiger partial charge in [0, 0.05) is 25.2 Å². The van der Waals surface area contributed by atoms with Crippen molar-refractivity contribution in [2.75, 3.05) is 72.9 Å². The minimum atomic E-state index is -0.459. The molecule has 2 aliphatic heterocycles. The monoisotopic (exact) mass is 694 g/mol. The van der Waals surface area contributed by atoms with Gasteiger partial charge in [0.15, 0.2) is 11.5 Å². The number of nitrogens with two attached hydrogens (primary N) is 2. The molecular formula is C37H54N6O7. The maximum absolute atomic E-state index is 11.0. The molecule has 3 aromatic carbocycles. The quantitative estimate of drug-likeness (QED) is 0.121. The minimum absolute atomic E-state index is 0.0153. The van der Waals surface area contributed by atoms with Crippen LogP contribution in [-0.4, -0.2) is 86.8 Å². The Morgan fingerprint density at radius 2 is 0.980 bits per heavy atom. The van der Waals surface area contributed by atoms with Crippen molar-refractivity contribution in [3.63, 3.8) is 0 Å². The van der Waals surface area contributed by atoms with E-state index in [9.17, 15) is 20.2 Å². The van der Waals surface area contributed by atoms with E-state index in [-0.39, 0.29) is 22.0 Å². The fourth-order valence-corrected chi connectivity index (χ4v) is 6.11. The molecule has 4 N–H and O–H groups in total. The maximum Gasteiger partial charge on any atom is 0.311 e. The van der Waals surface area contributed by atoms with E-state index in [1.54, 1.807) is 31.4 Å². The standard InChI is InChI=1S/C14H20N2O3.C14H22N2O.C9H12N2O3/c1-19-14-6-5-12(11-13(14)16(17)18)7-10-15-8-3-2-4-9-15;1-17-14-6-5-12(11-13(14)15)7-10-16-8-3-2-4-9-16;1-14-9-3-2-7(4-5-10)6-8(9)11(12)13/h5-6,11H,2-4,7-10H2,1H3;5-6,11H,2-4,7-10,15H2,1H3;2-3,6H,4-5,10H2,1H3. The smallest absolute Gasteiger partial charge is 0.311 e. The Hall–Kier alpha value is -4.46. The lowest BCUT2D eigenvalue weighted by atomic mass is 10.1. The van der Waals surface area contributed by atoms with Crippen LogP contribution in [0.4, 0.5) is 17.1 Å². The Balaban J connectivity index is 0.000000205. The van der Waals surface area contributed by atoms with E-state index in [2.05, 4.69) is 15.9 Å². The summed E-state index contributed by atoms with van der Waals surface area (Å²) < 4.78 is 15.0. The third-order valence-electron chi connectivity index (χ3n) is 8.94. The first-order valence-corrected chi connectivity index (χ1v) is 17.4. The van der Waals surface area contributed by atoms with Gasteiger partial charge in [0.25, 0.3) is 0 Å². The van der Waals surface area contributed by atoms with Crippen LogP contribution in [0.2, 0.25) is 0 Å². The number of rotatable bonds is 13. The molecule has 2 saturated heterocycles. The second-order valence-corrected chi connectivity index (χ2v) is 12.4. The van der Waals surface area contributed by atoms with Gasteiger partial charge < -0.3 is 35.5 Å². The van der Waals surface area contributed by atoms with Gasteiger partial charge in [0.1, 0.15) is 5.75 Å². The number of methoxy groups -OCH3 is 3. The average Bonchev–Trinajstić information content (AvgIpc) is 3.14. The molecule has 13 heteroatoms. The third-order valence-corrected chi connectivity index (χ3v) is 8.94. The van der Waals surface area contributed by atoms with Crippen molar-refractivity contribution in [1.29, 1.82) is 0 Å². The van der Waals surface area contributed by atoms with Crippen molar-refractivity contribution >= 4 is 17.1 Å². The number of anilines is 1. The number of nitrogen functional groups attached to an aromatic ring is 1. The van der Waals surface area contributed by atoms with Crippen LogP contribution in [0, 0.1) is 20.2 Å². The molecule has 5 rings (SSSR count). The molecule has 0 atom stereocenters. The molecule has 3 aromatic rings. The summed E-state index contributed by atoms with van der Waals surface area (Å²) in [6.45, 7) is 7.41. The van der Waals surface area contributed by atoms with Crippen molar-refractivity contribution in [3.8, 4) is 17.2 Å². The van der Waals surface area contributed by atoms with Gasteiger partial charge in [-0.1, -0.05) is 31.0 Å². The maximum atomic E-state index is 11.0. The molecule has 0 amide bonds. The Bertz CT molecular complexity index is 1490. The normalized spacial score (nSPS) is 14.7. The number of ether oxygens (including phenoxy) is 3. The van der Waals surface area contributed by atoms with Crippen LogP contribution < -0.4 is 25.7 Å². The number of benzene rings is 3. The molecule has 0 aliphatic carbocycles. The Morgan fingerprint density at radius 3 is 1.34 bits per heavy atom. The summed E-state index contributed by atoms with van der Waals surface area (Å²) in [4.78, 5) is 25.7. The highest BCUT2D eigenvalue weighted by Gasteiger charge is 2.17. The number of hydrogen-bond acceptors (Lipinski definition) is 11. The van der Waals surface area contributed by atoms with Crippen LogP contribution in [0.1, 0.15) is 55.2 Å². The predicted octanol–water partition coefficient (Wildman–Crippen LogP) is 6.04. The number of hydrogen-bond donors (Lipinski definition) is 2. The van der Waals surface area contributed by atoms with E-state index in [0.29, 0.717) is 18.7 Å². The number of nitro groups is 2. The van der Waals surface area contributed by atoms with E-state index < -0.39 is 4.92 Å². The van der Waals surface area contributed by atoms with E-state index in [1.165, 1.54) is 77.5 Å². The topological polar surface area (TPSA) is 172 Å². The van der Waals surface area contributed by atoms with Crippen molar-refractivity contribution in [2.24, 2.45) is 5.73 Å². The number of likely N-dealkylation sites (tertiary alicyclic amines) is 2. The lowest BCUT2D eigenvalue weighted by Crippen LogP contribution is -2.31. The number of piperidine rings is 2. The van der Waals surface area contributed by atoms with Gasteiger partial charge >= 0.3 is 11.4 Å². The molecule has 0 spiro atoms. The molecule has 0 radical (unpaired) electrons. The zero-order valence-electron chi connectivity index (χ0n) is 29.8. The van der Waals surface area contributed by atoms with Gasteiger partial charge in [0.2, 0.25) is 0 Å².